The summed E-state index contributed by atoms with van der Waals surface area (Å²) in [4.78, 5) is 20.4. The fourth-order valence-corrected chi connectivity index (χ4v) is 3.16. The molecule has 4 aromatic rings. The van der Waals surface area contributed by atoms with Gasteiger partial charge in [-0.05, 0) is 24.3 Å². The first-order chi connectivity index (χ1) is 15.4. The van der Waals surface area contributed by atoms with Gasteiger partial charge in [-0.2, -0.15) is 31.4 Å². The van der Waals surface area contributed by atoms with Gasteiger partial charge >= 0.3 is 12.4 Å². The largest absolute Gasteiger partial charge is 0.416 e. The molecule has 0 unspecified atom stereocenters. The van der Waals surface area contributed by atoms with Crippen molar-refractivity contribution in [3.8, 4) is 0 Å². The molecule has 0 saturated carbocycles. The number of fused-ring (bicyclic) bond motifs is 1. The highest BCUT2D eigenvalue weighted by atomic mass is 19.4. The number of aromatic nitrogens is 4. The van der Waals surface area contributed by atoms with Gasteiger partial charge in [-0.1, -0.05) is 12.1 Å². The van der Waals surface area contributed by atoms with Crippen LogP contribution in [0.2, 0.25) is 0 Å². The third-order valence-electron chi connectivity index (χ3n) is 4.83. The fourth-order valence-electron chi connectivity index (χ4n) is 3.16. The molecule has 170 valence electrons. The molecule has 0 aliphatic heterocycles. The van der Waals surface area contributed by atoms with Gasteiger partial charge in [0.25, 0.3) is 0 Å². The van der Waals surface area contributed by atoms with Crippen molar-refractivity contribution in [2.24, 2.45) is 7.05 Å². The van der Waals surface area contributed by atoms with Gasteiger partial charge in [0.2, 0.25) is 5.78 Å². The van der Waals surface area contributed by atoms with E-state index in [1.807, 2.05) is 0 Å². The Morgan fingerprint density at radius 2 is 1.58 bits per heavy atom. The SMILES string of the molecule is Cn1ncc2c(Nc3cc(C(=O)c4ccc(C(F)(F)F)cc4)ncn3)cc(C(F)(F)F)cc21. The highest BCUT2D eigenvalue weighted by molar-refractivity contribution is 6.08. The number of hydrogen-bond donors (Lipinski definition) is 1. The van der Waals surface area contributed by atoms with Crippen LogP contribution in [0.5, 0.6) is 0 Å². The van der Waals surface area contributed by atoms with Crippen LogP contribution in [0.25, 0.3) is 10.9 Å². The van der Waals surface area contributed by atoms with Gasteiger partial charge in [-0.3, -0.25) is 9.48 Å². The number of carbonyl (C=O) groups is 1. The number of nitrogens with one attached hydrogen (secondary N) is 1. The zero-order chi connectivity index (χ0) is 24.0. The van der Waals surface area contributed by atoms with Crippen molar-refractivity contribution in [2.75, 3.05) is 5.32 Å². The summed E-state index contributed by atoms with van der Waals surface area (Å²) in [5.41, 5.74) is -1.73. The smallest absolute Gasteiger partial charge is 0.340 e. The number of ketones is 1. The van der Waals surface area contributed by atoms with E-state index in [2.05, 4.69) is 20.4 Å². The molecule has 0 atom stereocenters. The van der Waals surface area contributed by atoms with Gasteiger partial charge in [0.15, 0.2) is 0 Å². The van der Waals surface area contributed by atoms with E-state index in [-0.39, 0.29) is 28.3 Å². The van der Waals surface area contributed by atoms with Crippen molar-refractivity contribution in [1.29, 1.82) is 0 Å². The molecule has 2 aromatic heterocycles. The Morgan fingerprint density at radius 3 is 2.21 bits per heavy atom. The lowest BCUT2D eigenvalue weighted by molar-refractivity contribution is -0.138. The van der Waals surface area contributed by atoms with Crippen molar-refractivity contribution in [2.45, 2.75) is 12.4 Å². The third-order valence-corrected chi connectivity index (χ3v) is 4.83. The van der Waals surface area contributed by atoms with Crippen LogP contribution in [-0.2, 0) is 19.4 Å². The summed E-state index contributed by atoms with van der Waals surface area (Å²) in [7, 11) is 1.50. The molecule has 0 amide bonds. The van der Waals surface area contributed by atoms with Crippen molar-refractivity contribution >= 4 is 28.2 Å². The Balaban J connectivity index is 1.67. The third kappa shape index (κ3) is 4.49. The number of aryl methyl sites for hydroxylation is 1. The molecule has 2 heterocycles. The monoisotopic (exact) mass is 465 g/mol. The second-order valence-corrected chi connectivity index (χ2v) is 7.04. The number of rotatable bonds is 4. The summed E-state index contributed by atoms with van der Waals surface area (Å²) in [5, 5.41) is 7.11. The molecule has 6 nitrogen and oxygen atoms in total. The quantitative estimate of drug-likeness (QED) is 0.324. The van der Waals surface area contributed by atoms with Gasteiger partial charge in [0, 0.05) is 24.1 Å². The number of halogens is 6. The molecule has 33 heavy (non-hydrogen) atoms. The number of hydrogen-bond acceptors (Lipinski definition) is 5. The van der Waals surface area contributed by atoms with E-state index < -0.39 is 29.3 Å². The van der Waals surface area contributed by atoms with Crippen LogP contribution in [0.4, 0.5) is 37.8 Å². The molecule has 0 aliphatic carbocycles. The average molecular weight is 465 g/mol. The highest BCUT2D eigenvalue weighted by Gasteiger charge is 2.32. The van der Waals surface area contributed by atoms with E-state index in [1.165, 1.54) is 24.0 Å². The van der Waals surface area contributed by atoms with Gasteiger partial charge in [-0.15, -0.1) is 0 Å². The lowest BCUT2D eigenvalue weighted by Crippen LogP contribution is -2.09. The number of nitrogens with zero attached hydrogens (tertiary/aromatic N) is 4. The molecule has 0 radical (unpaired) electrons. The first-order valence-electron chi connectivity index (χ1n) is 9.27. The Hall–Kier alpha value is -3.96. The lowest BCUT2D eigenvalue weighted by Gasteiger charge is -2.13. The first-order valence-corrected chi connectivity index (χ1v) is 9.27. The Bertz CT molecular complexity index is 1340. The highest BCUT2D eigenvalue weighted by Crippen LogP contribution is 2.36. The molecule has 4 rings (SSSR count). The van der Waals surface area contributed by atoms with Gasteiger partial charge in [0.05, 0.1) is 28.5 Å². The Morgan fingerprint density at radius 1 is 0.909 bits per heavy atom. The minimum absolute atomic E-state index is 0.0183. The van der Waals surface area contributed by atoms with E-state index >= 15 is 0 Å². The number of anilines is 2. The zero-order valence-electron chi connectivity index (χ0n) is 16.7. The zero-order valence-corrected chi connectivity index (χ0v) is 16.7. The fraction of sp³-hybridized carbons (Fsp3) is 0.143. The predicted octanol–water partition coefficient (Wildman–Crippen LogP) is 5.38. The summed E-state index contributed by atoms with van der Waals surface area (Å²) < 4.78 is 79.5. The lowest BCUT2D eigenvalue weighted by atomic mass is 10.1. The topological polar surface area (TPSA) is 72.7 Å². The maximum atomic E-state index is 13.3. The average Bonchev–Trinajstić information content (AvgIpc) is 3.13. The van der Waals surface area contributed by atoms with Gasteiger partial charge in [-0.25, -0.2) is 9.97 Å². The summed E-state index contributed by atoms with van der Waals surface area (Å²) in [6.45, 7) is 0. The maximum Gasteiger partial charge on any atom is 0.416 e. The summed E-state index contributed by atoms with van der Waals surface area (Å²) >= 11 is 0. The second kappa shape index (κ2) is 7.87. The van der Waals surface area contributed by atoms with Crippen LogP contribution in [-0.4, -0.2) is 25.5 Å². The Kier molecular flexibility index (Phi) is 5.30. The standard InChI is InChI=1S/C21H13F6N5O/c1-32-17-7-13(21(25,26)27)6-15(14(17)9-30-32)31-18-8-16(28-10-29-18)19(33)11-2-4-12(5-3-11)20(22,23)24/h2-10H,1H3,(H,28,29,31). The molecule has 0 fully saturated rings. The van der Waals surface area contributed by atoms with Crippen molar-refractivity contribution in [3.63, 3.8) is 0 Å². The summed E-state index contributed by atoms with van der Waals surface area (Å²) in [6.07, 6.45) is -6.75. The van der Waals surface area contributed by atoms with Crippen molar-refractivity contribution in [1.82, 2.24) is 19.7 Å². The van der Waals surface area contributed by atoms with Crippen LogP contribution in [0.15, 0.2) is 55.0 Å². The van der Waals surface area contributed by atoms with E-state index in [1.54, 1.807) is 0 Å². The van der Waals surface area contributed by atoms with Gasteiger partial charge in [0.1, 0.15) is 17.8 Å². The van der Waals surface area contributed by atoms with Crippen LogP contribution in [0.1, 0.15) is 27.2 Å². The van der Waals surface area contributed by atoms with E-state index in [4.69, 9.17) is 0 Å². The molecular weight excluding hydrogens is 452 g/mol. The van der Waals surface area contributed by atoms with E-state index in [9.17, 15) is 31.1 Å². The number of alkyl halides is 6. The molecule has 0 spiro atoms. The van der Waals surface area contributed by atoms with Crippen LogP contribution < -0.4 is 5.32 Å². The number of carbonyl (C=O) groups excluding carboxylic acids is 1. The first kappa shape index (κ1) is 22.2. The number of benzene rings is 2. The second-order valence-electron chi connectivity index (χ2n) is 7.04. The van der Waals surface area contributed by atoms with Crippen molar-refractivity contribution < 1.29 is 31.1 Å². The summed E-state index contributed by atoms with van der Waals surface area (Å²) in [6, 6.07) is 6.64. The normalized spacial score (nSPS) is 12.2. The van der Waals surface area contributed by atoms with Crippen LogP contribution >= 0.6 is 0 Å². The molecule has 0 aliphatic rings. The van der Waals surface area contributed by atoms with Crippen LogP contribution in [0, 0.1) is 0 Å². The minimum Gasteiger partial charge on any atom is -0.340 e. The molecule has 12 heteroatoms. The molecule has 0 bridgehead atoms. The van der Waals surface area contributed by atoms with E-state index in [0.717, 1.165) is 42.7 Å². The van der Waals surface area contributed by atoms with Crippen LogP contribution in [0.3, 0.4) is 0 Å². The Labute approximate surface area is 181 Å². The van der Waals surface area contributed by atoms with Gasteiger partial charge < -0.3 is 5.32 Å². The molecule has 0 saturated heterocycles. The summed E-state index contributed by atoms with van der Waals surface area (Å²) in [5.74, 6) is -0.658. The van der Waals surface area contributed by atoms with Crippen molar-refractivity contribution in [3.05, 3.63) is 77.4 Å². The predicted molar refractivity (Wildman–Crippen MR) is 106 cm³/mol. The molecule has 1 N–H and O–H groups in total. The van der Waals surface area contributed by atoms with E-state index in [0.29, 0.717) is 5.39 Å². The molecule has 2 aromatic carbocycles. The minimum atomic E-state index is -4.61. The molecular formula is C21H13F6N5O. The maximum absolute atomic E-state index is 13.3.